The molecule has 0 unspecified atom stereocenters. The molecular weight excluding hydrogens is 224 g/mol. The highest BCUT2D eigenvalue weighted by molar-refractivity contribution is 7.90. The van der Waals surface area contributed by atoms with Crippen molar-refractivity contribution in [3.05, 3.63) is 35.4 Å². The molecule has 90 valence electrons. The fraction of sp³-hybridized carbons (Fsp3) is 0.500. The van der Waals surface area contributed by atoms with Crippen LogP contribution in [0.25, 0.3) is 0 Å². The van der Waals surface area contributed by atoms with Crippen molar-refractivity contribution < 1.29 is 13.5 Å². The predicted octanol–water partition coefficient (Wildman–Crippen LogP) is 1.20. The zero-order valence-electron chi connectivity index (χ0n) is 9.52. The van der Waals surface area contributed by atoms with Crippen LogP contribution in [0.2, 0.25) is 0 Å². The third kappa shape index (κ3) is 5.28. The second kappa shape index (κ2) is 6.01. The summed E-state index contributed by atoms with van der Waals surface area (Å²) in [6, 6.07) is 7.90. The highest BCUT2D eigenvalue weighted by atomic mass is 32.2. The molecule has 1 aromatic rings. The van der Waals surface area contributed by atoms with Gasteiger partial charge in [0.05, 0.1) is 5.75 Å². The Kier molecular flexibility index (Phi) is 4.96. The molecule has 1 N–H and O–H groups in total. The van der Waals surface area contributed by atoms with E-state index < -0.39 is 9.84 Å². The van der Waals surface area contributed by atoms with Gasteiger partial charge in [0.15, 0.2) is 0 Å². The van der Waals surface area contributed by atoms with Crippen molar-refractivity contribution in [1.82, 2.24) is 0 Å². The highest BCUT2D eigenvalue weighted by Crippen LogP contribution is 2.08. The lowest BCUT2D eigenvalue weighted by Crippen LogP contribution is -2.05. The molecule has 0 heterocycles. The first-order valence-corrected chi connectivity index (χ1v) is 7.44. The van der Waals surface area contributed by atoms with E-state index in [0.717, 1.165) is 18.4 Å². The summed E-state index contributed by atoms with van der Waals surface area (Å²) >= 11 is 0. The smallest absolute Gasteiger partial charge is 0.147 e. The Hall–Kier alpha value is -0.870. The number of rotatable bonds is 6. The third-order valence-electron chi connectivity index (χ3n) is 2.41. The maximum Gasteiger partial charge on any atom is 0.147 e. The summed E-state index contributed by atoms with van der Waals surface area (Å²) < 4.78 is 22.0. The summed E-state index contributed by atoms with van der Waals surface area (Å²) in [5.74, 6) is 0.197. The van der Waals surface area contributed by atoms with Crippen LogP contribution in [0.15, 0.2) is 24.3 Å². The van der Waals surface area contributed by atoms with Crippen molar-refractivity contribution in [3.63, 3.8) is 0 Å². The minimum absolute atomic E-state index is 0.197. The molecule has 0 aromatic heterocycles. The van der Waals surface area contributed by atoms with Gasteiger partial charge in [-0.25, -0.2) is 8.42 Å². The predicted molar refractivity (Wildman–Crippen MR) is 65.3 cm³/mol. The third-order valence-corrected chi connectivity index (χ3v) is 3.35. The van der Waals surface area contributed by atoms with Crippen LogP contribution in [-0.4, -0.2) is 32.1 Å². The summed E-state index contributed by atoms with van der Waals surface area (Å²) in [7, 11) is -2.88. The molecule has 1 rings (SSSR count). The molecule has 0 saturated carbocycles. The van der Waals surface area contributed by atoms with Crippen LogP contribution in [-0.2, 0) is 22.7 Å². The summed E-state index contributed by atoms with van der Waals surface area (Å²) in [5.41, 5.74) is 2.22. The average molecular weight is 242 g/mol. The molecule has 1 aromatic carbocycles. The van der Waals surface area contributed by atoms with Crippen LogP contribution < -0.4 is 0 Å². The maximum absolute atomic E-state index is 11.0. The van der Waals surface area contributed by atoms with Crippen LogP contribution in [0.5, 0.6) is 0 Å². The minimum Gasteiger partial charge on any atom is -0.396 e. The number of aliphatic hydroxyl groups is 1. The molecule has 0 fully saturated rings. The number of aryl methyl sites for hydroxylation is 2. The van der Waals surface area contributed by atoms with Crippen molar-refractivity contribution in [2.24, 2.45) is 0 Å². The van der Waals surface area contributed by atoms with E-state index in [0.29, 0.717) is 6.42 Å². The van der Waals surface area contributed by atoms with Crippen LogP contribution in [0.3, 0.4) is 0 Å². The van der Waals surface area contributed by atoms with Gasteiger partial charge >= 0.3 is 0 Å². The molecule has 0 radical (unpaired) electrons. The molecule has 0 aliphatic carbocycles. The van der Waals surface area contributed by atoms with Gasteiger partial charge in [0, 0.05) is 12.9 Å². The fourth-order valence-corrected chi connectivity index (χ4v) is 2.07. The molecule has 4 heteroatoms. The Bertz CT molecular complexity index is 406. The number of benzene rings is 1. The molecule has 0 saturated heterocycles. The maximum atomic E-state index is 11.0. The van der Waals surface area contributed by atoms with Gasteiger partial charge in [0.2, 0.25) is 0 Å². The zero-order valence-corrected chi connectivity index (χ0v) is 10.3. The quantitative estimate of drug-likeness (QED) is 0.815. The Labute approximate surface area is 97.0 Å². The number of hydrogen-bond donors (Lipinski definition) is 1. The largest absolute Gasteiger partial charge is 0.396 e. The van der Waals surface area contributed by atoms with E-state index in [1.54, 1.807) is 0 Å². The standard InChI is InChI=1S/C12H18O3S/c1-16(14,15)10-8-12-6-4-11(5-7-12)3-2-9-13/h4-7,13H,2-3,8-10H2,1H3. The van der Waals surface area contributed by atoms with E-state index in [1.165, 1.54) is 11.8 Å². The lowest BCUT2D eigenvalue weighted by molar-refractivity contribution is 0.288. The first-order chi connectivity index (χ1) is 7.51. The molecule has 0 bridgehead atoms. The summed E-state index contributed by atoms with van der Waals surface area (Å²) in [6.07, 6.45) is 3.45. The highest BCUT2D eigenvalue weighted by Gasteiger charge is 2.02. The normalized spacial score (nSPS) is 11.6. The second-order valence-electron chi connectivity index (χ2n) is 4.02. The number of aliphatic hydroxyl groups excluding tert-OH is 1. The van der Waals surface area contributed by atoms with Crippen molar-refractivity contribution >= 4 is 9.84 Å². The molecular formula is C12H18O3S. The van der Waals surface area contributed by atoms with Gasteiger partial charge in [-0.2, -0.15) is 0 Å². The van der Waals surface area contributed by atoms with Crippen LogP contribution in [0.4, 0.5) is 0 Å². The SMILES string of the molecule is CS(=O)(=O)CCc1ccc(CCCO)cc1. The van der Waals surface area contributed by atoms with Gasteiger partial charge < -0.3 is 5.11 Å². The molecule has 0 spiro atoms. The Morgan fingerprint density at radius 3 is 2.00 bits per heavy atom. The lowest BCUT2D eigenvalue weighted by Gasteiger charge is -2.03. The molecule has 0 aliphatic heterocycles. The zero-order chi connectivity index (χ0) is 12.0. The second-order valence-corrected chi connectivity index (χ2v) is 6.28. The van der Waals surface area contributed by atoms with Crippen molar-refractivity contribution in [1.29, 1.82) is 0 Å². The summed E-state index contributed by atoms with van der Waals surface area (Å²) in [5, 5.41) is 8.69. The molecule has 0 aliphatic rings. The molecule has 3 nitrogen and oxygen atoms in total. The summed E-state index contributed by atoms with van der Waals surface area (Å²) in [4.78, 5) is 0. The fourth-order valence-electron chi connectivity index (χ4n) is 1.46. The van der Waals surface area contributed by atoms with Gasteiger partial charge in [0.25, 0.3) is 0 Å². The number of sulfone groups is 1. The van der Waals surface area contributed by atoms with Gasteiger partial charge in [0.1, 0.15) is 9.84 Å². The van der Waals surface area contributed by atoms with Crippen molar-refractivity contribution in [2.75, 3.05) is 18.6 Å². The topological polar surface area (TPSA) is 54.4 Å². The van der Waals surface area contributed by atoms with Crippen LogP contribution in [0, 0.1) is 0 Å². The Morgan fingerprint density at radius 1 is 1.06 bits per heavy atom. The van der Waals surface area contributed by atoms with Gasteiger partial charge in [-0.3, -0.25) is 0 Å². The minimum atomic E-state index is -2.88. The van der Waals surface area contributed by atoms with E-state index in [4.69, 9.17) is 5.11 Å². The Morgan fingerprint density at radius 2 is 1.56 bits per heavy atom. The van der Waals surface area contributed by atoms with Crippen LogP contribution in [0.1, 0.15) is 17.5 Å². The van der Waals surface area contributed by atoms with E-state index in [-0.39, 0.29) is 12.4 Å². The van der Waals surface area contributed by atoms with Gasteiger partial charge in [-0.15, -0.1) is 0 Å². The summed E-state index contributed by atoms with van der Waals surface area (Å²) in [6.45, 7) is 0.204. The monoisotopic (exact) mass is 242 g/mol. The van der Waals surface area contributed by atoms with Gasteiger partial charge in [-0.1, -0.05) is 24.3 Å². The van der Waals surface area contributed by atoms with Crippen LogP contribution >= 0.6 is 0 Å². The molecule has 16 heavy (non-hydrogen) atoms. The van der Waals surface area contributed by atoms with Crippen molar-refractivity contribution in [3.8, 4) is 0 Å². The first kappa shape index (κ1) is 13.2. The van der Waals surface area contributed by atoms with E-state index >= 15 is 0 Å². The van der Waals surface area contributed by atoms with Gasteiger partial charge in [-0.05, 0) is 30.4 Å². The average Bonchev–Trinajstić information content (AvgIpc) is 2.24. The van der Waals surface area contributed by atoms with E-state index in [9.17, 15) is 8.42 Å². The van der Waals surface area contributed by atoms with Crippen molar-refractivity contribution in [2.45, 2.75) is 19.3 Å². The molecule has 0 atom stereocenters. The molecule has 0 amide bonds. The van der Waals surface area contributed by atoms with E-state index in [2.05, 4.69) is 0 Å². The number of hydrogen-bond acceptors (Lipinski definition) is 3. The first-order valence-electron chi connectivity index (χ1n) is 5.37. The van der Waals surface area contributed by atoms with E-state index in [1.807, 2.05) is 24.3 Å². The lowest BCUT2D eigenvalue weighted by atomic mass is 10.1. The Balaban J connectivity index is 2.51.